The largest absolute Gasteiger partial charge is 0.238 e. The lowest BCUT2D eigenvalue weighted by atomic mass is 10.1. The van der Waals surface area contributed by atoms with E-state index in [1.807, 2.05) is 6.07 Å². The van der Waals surface area contributed by atoms with Gasteiger partial charge in [0.05, 0.1) is 0 Å². The minimum absolute atomic E-state index is 0.336. The molecule has 0 aliphatic carbocycles. The zero-order valence-corrected chi connectivity index (χ0v) is 11.4. The fraction of sp³-hybridized carbons (Fsp3) is 0.286. The monoisotopic (exact) mass is 245 g/mol. The van der Waals surface area contributed by atoms with Crippen LogP contribution in [0.3, 0.4) is 0 Å². The maximum Gasteiger partial charge on any atom is 0.158 e. The Balaban J connectivity index is 2.38. The van der Waals surface area contributed by atoms with E-state index >= 15 is 0 Å². The molecule has 0 atom stereocenters. The van der Waals surface area contributed by atoms with Crippen LogP contribution in [-0.2, 0) is 0 Å². The number of nitrogens with zero attached hydrogens (tertiary/aromatic N) is 2. The predicted octanol–water partition coefficient (Wildman–Crippen LogP) is 3.00. The first kappa shape index (κ1) is 8.58. The highest BCUT2D eigenvalue weighted by molar-refractivity contribution is 6.88. The van der Waals surface area contributed by atoms with Gasteiger partial charge < -0.3 is 0 Å². The second kappa shape index (κ2) is 4.41. The molecule has 0 amide bonds. The highest BCUT2D eigenvalue weighted by atomic mass is 28.3. The molecular formula is C14H18N2Si. The van der Waals surface area contributed by atoms with E-state index in [1.165, 1.54) is 0 Å². The van der Waals surface area contributed by atoms with E-state index in [4.69, 9.17) is 4.11 Å². The van der Waals surface area contributed by atoms with Crippen molar-refractivity contribution in [3.8, 4) is 11.4 Å². The molecule has 0 aliphatic rings. The average Bonchev–Trinajstić information content (AvgIpc) is 2.37. The van der Waals surface area contributed by atoms with E-state index in [0.717, 1.165) is 10.9 Å². The van der Waals surface area contributed by atoms with Crippen LogP contribution < -0.4 is 5.32 Å². The third-order valence-corrected chi connectivity index (χ3v) is 4.38. The third-order valence-electron chi connectivity index (χ3n) is 2.57. The van der Waals surface area contributed by atoms with Crippen LogP contribution in [0.2, 0.25) is 19.6 Å². The Morgan fingerprint density at radius 1 is 1.06 bits per heavy atom. The normalized spacial score (nSPS) is 14.9. The fourth-order valence-corrected chi connectivity index (χ4v) is 2.55. The van der Waals surface area contributed by atoms with Gasteiger partial charge >= 0.3 is 0 Å². The van der Waals surface area contributed by atoms with Gasteiger partial charge in [0.1, 0.15) is 8.07 Å². The molecule has 88 valence electrons. The molecule has 1 aromatic heterocycles. The summed E-state index contributed by atoms with van der Waals surface area (Å²) in [5.74, 6) is 0.655. The van der Waals surface area contributed by atoms with Gasteiger partial charge in [-0.25, -0.2) is 9.97 Å². The Hall–Kier alpha value is -1.48. The van der Waals surface area contributed by atoms with Crippen molar-refractivity contribution in [3.63, 3.8) is 0 Å². The van der Waals surface area contributed by atoms with Crippen LogP contribution in [0, 0.1) is 6.85 Å². The molecule has 0 unspecified atom stereocenters. The van der Waals surface area contributed by atoms with Crippen LogP contribution >= 0.6 is 0 Å². The first-order valence-electron chi connectivity index (χ1n) is 7.12. The van der Waals surface area contributed by atoms with Gasteiger partial charge in [-0.1, -0.05) is 49.5 Å². The van der Waals surface area contributed by atoms with Gasteiger partial charge in [0.25, 0.3) is 0 Å². The summed E-state index contributed by atoms with van der Waals surface area (Å²) in [5, 5.41) is 1.10. The zero-order chi connectivity index (χ0) is 15.0. The highest BCUT2D eigenvalue weighted by Gasteiger charge is 2.18. The van der Waals surface area contributed by atoms with Gasteiger partial charge in [-0.2, -0.15) is 0 Å². The Kier molecular flexibility index (Phi) is 2.23. The molecule has 2 aromatic rings. The third kappa shape index (κ3) is 2.80. The Morgan fingerprint density at radius 3 is 2.35 bits per heavy atom. The van der Waals surface area contributed by atoms with Crippen molar-refractivity contribution in [3.05, 3.63) is 42.1 Å². The van der Waals surface area contributed by atoms with Crippen LogP contribution in [0.5, 0.6) is 0 Å². The second-order valence-electron chi connectivity index (χ2n) is 5.09. The summed E-state index contributed by atoms with van der Waals surface area (Å²) in [6.45, 7) is 4.63. The van der Waals surface area contributed by atoms with Gasteiger partial charge in [-0.15, -0.1) is 0 Å². The van der Waals surface area contributed by atoms with Crippen molar-refractivity contribution < 1.29 is 4.11 Å². The van der Waals surface area contributed by atoms with Crippen molar-refractivity contribution in [2.45, 2.75) is 26.5 Å². The van der Waals surface area contributed by atoms with Crippen molar-refractivity contribution in [2.75, 3.05) is 0 Å². The van der Waals surface area contributed by atoms with Gasteiger partial charge in [0.2, 0.25) is 0 Å². The summed E-state index contributed by atoms with van der Waals surface area (Å²) < 4.78 is 22.1. The minimum atomic E-state index is -2.07. The molecule has 0 spiro atoms. The van der Waals surface area contributed by atoms with Crippen molar-refractivity contribution >= 4 is 13.4 Å². The van der Waals surface area contributed by atoms with E-state index in [9.17, 15) is 0 Å². The maximum absolute atomic E-state index is 7.37. The summed E-state index contributed by atoms with van der Waals surface area (Å²) in [5.41, 5.74) is 1.18. The quantitative estimate of drug-likeness (QED) is 0.760. The molecule has 1 aromatic carbocycles. The number of hydrogen-bond acceptors (Lipinski definition) is 2. The van der Waals surface area contributed by atoms with Crippen molar-refractivity contribution in [1.82, 2.24) is 9.97 Å². The van der Waals surface area contributed by atoms with Gasteiger partial charge in [0.15, 0.2) is 5.82 Å². The summed E-state index contributed by atoms with van der Waals surface area (Å²) in [6, 6.07) is 8.74. The first-order valence-corrected chi connectivity index (χ1v) is 9.12. The van der Waals surface area contributed by atoms with E-state index in [2.05, 4.69) is 29.6 Å². The number of rotatable bonds is 2. The van der Waals surface area contributed by atoms with Crippen LogP contribution in [0.4, 0.5) is 0 Å². The summed E-state index contributed by atoms with van der Waals surface area (Å²) in [4.78, 5) is 8.90. The molecule has 0 aliphatic heterocycles. The molecule has 0 fully saturated rings. The van der Waals surface area contributed by atoms with Gasteiger partial charge in [-0.05, 0) is 12.9 Å². The van der Waals surface area contributed by atoms with Gasteiger partial charge in [0, 0.05) is 21.2 Å². The molecule has 3 heteroatoms. The molecular weight excluding hydrogens is 224 g/mol. The Bertz CT molecular complexity index is 601. The van der Waals surface area contributed by atoms with E-state index in [1.54, 1.807) is 30.5 Å². The molecule has 0 saturated heterocycles. The van der Waals surface area contributed by atoms with E-state index in [-0.39, 0.29) is 0 Å². The average molecular weight is 245 g/mol. The van der Waals surface area contributed by atoms with Crippen molar-refractivity contribution in [1.29, 1.82) is 0 Å². The lowest BCUT2D eigenvalue weighted by Crippen LogP contribution is -2.40. The summed E-state index contributed by atoms with van der Waals surface area (Å²) in [7, 11) is -1.48. The summed E-state index contributed by atoms with van der Waals surface area (Å²) >= 11 is 0. The molecule has 2 rings (SSSR count). The van der Waals surface area contributed by atoms with E-state index in [0.29, 0.717) is 11.4 Å². The maximum atomic E-state index is 7.37. The molecule has 0 bridgehead atoms. The lowest BCUT2D eigenvalue weighted by molar-refractivity contribution is 1.19. The molecule has 17 heavy (non-hydrogen) atoms. The molecule has 1 heterocycles. The molecule has 0 radical (unpaired) electrons. The predicted molar refractivity (Wildman–Crippen MR) is 75.2 cm³/mol. The number of aryl methyl sites for hydroxylation is 1. The zero-order valence-electron chi connectivity index (χ0n) is 13.4. The summed E-state index contributed by atoms with van der Waals surface area (Å²) in [6.07, 6.45) is 1.77. The molecule has 0 N–H and O–H groups in total. The molecule has 0 saturated carbocycles. The fourth-order valence-electron chi connectivity index (χ4n) is 1.53. The highest BCUT2D eigenvalue weighted by Crippen LogP contribution is 2.14. The lowest BCUT2D eigenvalue weighted by Gasteiger charge is -2.15. The van der Waals surface area contributed by atoms with Crippen LogP contribution in [0.15, 0.2) is 36.5 Å². The number of benzene rings is 1. The standard InChI is InChI=1S/C14H18N2Si/c1-11-5-7-12(8-6-11)14-15-10-9-13(16-14)17(2,3)4/h5-10H,1-4H3/i1D3. The number of aromatic nitrogens is 2. The topological polar surface area (TPSA) is 25.8 Å². The van der Waals surface area contributed by atoms with Crippen molar-refractivity contribution in [2.24, 2.45) is 0 Å². The van der Waals surface area contributed by atoms with Crippen LogP contribution in [0.25, 0.3) is 11.4 Å². The van der Waals surface area contributed by atoms with Crippen LogP contribution in [-0.4, -0.2) is 18.0 Å². The smallest absolute Gasteiger partial charge is 0.158 e. The van der Waals surface area contributed by atoms with E-state index < -0.39 is 14.9 Å². The second-order valence-corrected chi connectivity index (χ2v) is 10.1. The minimum Gasteiger partial charge on any atom is -0.238 e. The Morgan fingerprint density at radius 2 is 1.76 bits per heavy atom. The number of hydrogen-bond donors (Lipinski definition) is 0. The Labute approximate surface area is 108 Å². The molecule has 2 nitrogen and oxygen atoms in total. The van der Waals surface area contributed by atoms with Gasteiger partial charge in [-0.3, -0.25) is 0 Å². The van der Waals surface area contributed by atoms with Crippen LogP contribution in [0.1, 0.15) is 9.68 Å². The first-order chi connectivity index (χ1) is 9.18. The SMILES string of the molecule is [2H]C([2H])([2H])c1ccc(-c2nccc([Si](C)(C)C)n2)cc1.